The van der Waals surface area contributed by atoms with Crippen LogP contribution in [-0.2, 0) is 16.8 Å². The van der Waals surface area contributed by atoms with Crippen molar-refractivity contribution in [1.82, 2.24) is 9.97 Å². The average Bonchev–Trinajstić information content (AvgIpc) is 2.17. The van der Waals surface area contributed by atoms with Gasteiger partial charge in [-0.05, 0) is 20.3 Å². The average molecular weight is 212 g/mol. The first-order valence-electron chi connectivity index (χ1n) is 4.80. The Morgan fingerprint density at radius 2 is 2.13 bits per heavy atom. The molecule has 2 N–H and O–H groups in total. The molecular formula is C10H16N2O3. The van der Waals surface area contributed by atoms with Crippen molar-refractivity contribution in [2.45, 2.75) is 32.8 Å². The number of aromatic hydroxyl groups is 1. The molecule has 1 aromatic rings. The summed E-state index contributed by atoms with van der Waals surface area (Å²) < 4.78 is 5.16. The van der Waals surface area contributed by atoms with Gasteiger partial charge in [0.1, 0.15) is 11.4 Å². The predicted molar refractivity (Wildman–Crippen MR) is 55.9 cm³/mol. The van der Waals surface area contributed by atoms with Gasteiger partial charge in [-0.15, -0.1) is 0 Å². The Morgan fingerprint density at radius 3 is 2.53 bits per heavy atom. The molecule has 0 unspecified atom stereocenters. The fourth-order valence-corrected chi connectivity index (χ4v) is 1.19. The molecule has 84 valence electrons. The van der Waals surface area contributed by atoms with Gasteiger partial charge in [-0.2, -0.15) is 4.98 Å². The molecule has 0 bridgehead atoms. The fourth-order valence-electron chi connectivity index (χ4n) is 1.19. The summed E-state index contributed by atoms with van der Waals surface area (Å²) in [5, 5.41) is 9.54. The molecular weight excluding hydrogens is 196 g/mol. The minimum Gasteiger partial charge on any atom is -0.493 e. The van der Waals surface area contributed by atoms with Gasteiger partial charge in [0.15, 0.2) is 0 Å². The first-order chi connectivity index (χ1) is 6.92. The molecule has 1 aromatic heterocycles. The number of nitrogens with one attached hydrogen (secondary N) is 1. The van der Waals surface area contributed by atoms with Crippen LogP contribution >= 0.6 is 0 Å². The third kappa shape index (κ3) is 2.18. The maximum atomic E-state index is 11.5. The van der Waals surface area contributed by atoms with E-state index in [0.29, 0.717) is 17.8 Å². The Bertz CT molecular complexity index is 410. The molecule has 5 nitrogen and oxygen atoms in total. The van der Waals surface area contributed by atoms with Crippen LogP contribution in [0, 0.1) is 0 Å². The van der Waals surface area contributed by atoms with Crippen LogP contribution in [0.25, 0.3) is 0 Å². The van der Waals surface area contributed by atoms with Crippen LogP contribution in [0.3, 0.4) is 0 Å². The highest BCUT2D eigenvalue weighted by atomic mass is 16.5. The van der Waals surface area contributed by atoms with Crippen LogP contribution in [0.4, 0.5) is 0 Å². The van der Waals surface area contributed by atoms with Gasteiger partial charge in [0, 0.05) is 7.11 Å². The van der Waals surface area contributed by atoms with Gasteiger partial charge >= 0.3 is 0 Å². The van der Waals surface area contributed by atoms with Gasteiger partial charge in [-0.25, -0.2) is 0 Å². The summed E-state index contributed by atoms with van der Waals surface area (Å²) in [6.07, 6.45) is 0.446. The van der Waals surface area contributed by atoms with E-state index in [1.807, 2.05) is 0 Å². The molecule has 1 heterocycles. The lowest BCUT2D eigenvalue weighted by atomic mass is 10.1. The third-order valence-corrected chi connectivity index (χ3v) is 2.43. The van der Waals surface area contributed by atoms with Crippen molar-refractivity contribution in [1.29, 1.82) is 0 Å². The van der Waals surface area contributed by atoms with Crippen LogP contribution in [0.15, 0.2) is 4.79 Å². The number of hydrogen-bond acceptors (Lipinski definition) is 4. The smallest absolute Gasteiger partial charge is 0.258 e. The molecule has 0 saturated carbocycles. The van der Waals surface area contributed by atoms with Gasteiger partial charge in [0.25, 0.3) is 5.56 Å². The number of hydrogen-bond donors (Lipinski definition) is 2. The predicted octanol–water partition coefficient (Wildman–Crippen LogP) is 0.919. The number of aromatic nitrogens is 2. The highest BCUT2D eigenvalue weighted by Crippen LogP contribution is 2.21. The lowest BCUT2D eigenvalue weighted by Crippen LogP contribution is -2.28. The minimum atomic E-state index is -0.719. The Labute approximate surface area is 88.1 Å². The Hall–Kier alpha value is -1.36. The van der Waals surface area contributed by atoms with Crippen LogP contribution in [0.5, 0.6) is 5.88 Å². The van der Waals surface area contributed by atoms with Crippen molar-refractivity contribution < 1.29 is 9.84 Å². The zero-order chi connectivity index (χ0) is 11.6. The van der Waals surface area contributed by atoms with Gasteiger partial charge in [-0.1, -0.05) is 6.92 Å². The molecule has 0 spiro atoms. The molecule has 0 aliphatic rings. The zero-order valence-electron chi connectivity index (χ0n) is 9.42. The summed E-state index contributed by atoms with van der Waals surface area (Å²) in [6.45, 7) is 5.31. The number of H-pyrrole nitrogens is 1. The van der Waals surface area contributed by atoms with Crippen LogP contribution in [-0.4, -0.2) is 22.2 Å². The lowest BCUT2D eigenvalue weighted by Gasteiger charge is -2.21. The molecule has 0 aliphatic heterocycles. The summed E-state index contributed by atoms with van der Waals surface area (Å²) in [7, 11) is 1.52. The molecule has 0 aromatic carbocycles. The second kappa shape index (κ2) is 4.02. The summed E-state index contributed by atoms with van der Waals surface area (Å²) in [5.74, 6) is 0.103. The fraction of sp³-hybridized carbons (Fsp3) is 0.600. The number of rotatable bonds is 3. The molecule has 0 aliphatic carbocycles. The minimum absolute atomic E-state index is 0.221. The summed E-state index contributed by atoms with van der Waals surface area (Å²) in [5.41, 5.74) is -0.737. The Balaban J connectivity index is 3.32. The van der Waals surface area contributed by atoms with Crippen LogP contribution < -0.4 is 5.56 Å². The second-order valence-corrected chi connectivity index (χ2v) is 3.78. The van der Waals surface area contributed by atoms with Gasteiger partial charge < -0.3 is 14.8 Å². The van der Waals surface area contributed by atoms with E-state index in [1.54, 1.807) is 20.8 Å². The SMILES string of the molecule is CCc1c(O)nc(C(C)(C)OC)[nH]c1=O. The van der Waals surface area contributed by atoms with Gasteiger partial charge in [-0.3, -0.25) is 4.79 Å². The van der Waals surface area contributed by atoms with E-state index in [0.717, 1.165) is 0 Å². The van der Waals surface area contributed by atoms with E-state index < -0.39 is 5.60 Å². The molecule has 0 atom stereocenters. The van der Waals surface area contributed by atoms with E-state index in [-0.39, 0.29) is 11.4 Å². The number of methoxy groups -OCH3 is 1. The molecule has 1 rings (SSSR count). The van der Waals surface area contributed by atoms with Crippen molar-refractivity contribution >= 4 is 0 Å². The lowest BCUT2D eigenvalue weighted by molar-refractivity contribution is 0.0107. The highest BCUT2D eigenvalue weighted by molar-refractivity contribution is 5.23. The summed E-state index contributed by atoms with van der Waals surface area (Å²) in [4.78, 5) is 18.1. The summed E-state index contributed by atoms with van der Waals surface area (Å²) in [6, 6.07) is 0. The standard InChI is InChI=1S/C10H16N2O3/c1-5-6-7(13)11-9(12-8(6)14)10(2,3)15-4/h5H2,1-4H3,(H2,11,12,13,14). The molecule has 0 radical (unpaired) electrons. The van der Waals surface area contributed by atoms with Crippen molar-refractivity contribution in [3.05, 3.63) is 21.7 Å². The van der Waals surface area contributed by atoms with Gasteiger partial charge in [0.05, 0.1) is 5.56 Å². The number of ether oxygens (including phenoxy) is 1. The first kappa shape index (κ1) is 11.7. The maximum absolute atomic E-state index is 11.5. The largest absolute Gasteiger partial charge is 0.493 e. The number of nitrogens with zero attached hydrogens (tertiary/aromatic N) is 1. The topological polar surface area (TPSA) is 75.2 Å². The highest BCUT2D eigenvalue weighted by Gasteiger charge is 2.24. The molecule has 0 saturated heterocycles. The molecule has 0 amide bonds. The summed E-state index contributed by atoms with van der Waals surface area (Å²) >= 11 is 0. The van der Waals surface area contributed by atoms with E-state index in [1.165, 1.54) is 7.11 Å². The second-order valence-electron chi connectivity index (χ2n) is 3.78. The van der Waals surface area contributed by atoms with Crippen LogP contribution in [0.1, 0.15) is 32.2 Å². The number of aromatic amines is 1. The van der Waals surface area contributed by atoms with Crippen molar-refractivity contribution in [2.24, 2.45) is 0 Å². The molecule has 15 heavy (non-hydrogen) atoms. The third-order valence-electron chi connectivity index (χ3n) is 2.43. The van der Waals surface area contributed by atoms with E-state index in [2.05, 4.69) is 9.97 Å². The van der Waals surface area contributed by atoms with E-state index in [9.17, 15) is 9.90 Å². The normalized spacial score (nSPS) is 11.7. The Kier molecular flexibility index (Phi) is 3.14. The molecule has 5 heteroatoms. The van der Waals surface area contributed by atoms with Crippen molar-refractivity contribution in [3.63, 3.8) is 0 Å². The Morgan fingerprint density at radius 1 is 1.53 bits per heavy atom. The maximum Gasteiger partial charge on any atom is 0.258 e. The zero-order valence-corrected chi connectivity index (χ0v) is 9.42. The molecule has 0 fully saturated rings. The monoisotopic (exact) mass is 212 g/mol. The van der Waals surface area contributed by atoms with E-state index in [4.69, 9.17) is 4.74 Å². The van der Waals surface area contributed by atoms with Crippen LogP contribution in [0.2, 0.25) is 0 Å². The van der Waals surface area contributed by atoms with Crippen molar-refractivity contribution in [2.75, 3.05) is 7.11 Å². The van der Waals surface area contributed by atoms with Crippen molar-refractivity contribution in [3.8, 4) is 5.88 Å². The van der Waals surface area contributed by atoms with E-state index >= 15 is 0 Å². The first-order valence-corrected chi connectivity index (χ1v) is 4.80. The van der Waals surface area contributed by atoms with Gasteiger partial charge in [0.2, 0.25) is 5.88 Å². The quantitative estimate of drug-likeness (QED) is 0.781.